The van der Waals surface area contributed by atoms with Crippen LogP contribution in [0.4, 0.5) is 10.3 Å². The van der Waals surface area contributed by atoms with Crippen molar-refractivity contribution in [1.29, 1.82) is 0 Å². The van der Waals surface area contributed by atoms with Crippen molar-refractivity contribution in [3.63, 3.8) is 0 Å². The van der Waals surface area contributed by atoms with Gasteiger partial charge in [0.1, 0.15) is 11.5 Å². The largest absolute Gasteiger partial charge is 0.367 e. The van der Waals surface area contributed by atoms with Gasteiger partial charge < -0.3 is 10.3 Å². The summed E-state index contributed by atoms with van der Waals surface area (Å²) in [6.07, 6.45) is 0. The van der Waals surface area contributed by atoms with Crippen LogP contribution in [0.15, 0.2) is 51.5 Å². The van der Waals surface area contributed by atoms with Gasteiger partial charge in [-0.1, -0.05) is 50.9 Å². The topological polar surface area (TPSA) is 52.0 Å². The van der Waals surface area contributed by atoms with Crippen molar-refractivity contribution in [3.8, 4) is 22.4 Å². The lowest BCUT2D eigenvalue weighted by molar-refractivity contribution is 0.439. The summed E-state index contributed by atoms with van der Waals surface area (Å²) in [7, 11) is 0. The molecule has 3 aromatic rings. The van der Waals surface area contributed by atoms with Crippen molar-refractivity contribution >= 4 is 21.8 Å². The predicted molar refractivity (Wildman–Crippen MR) is 84.2 cm³/mol. The molecule has 0 unspecified atom stereocenters. The molecule has 106 valence electrons. The van der Waals surface area contributed by atoms with Gasteiger partial charge in [-0.25, -0.2) is 4.39 Å². The van der Waals surface area contributed by atoms with Crippen LogP contribution in [0.3, 0.4) is 0 Å². The van der Waals surface area contributed by atoms with Crippen LogP contribution in [-0.4, -0.2) is 5.16 Å². The van der Waals surface area contributed by atoms with Crippen molar-refractivity contribution in [1.82, 2.24) is 5.16 Å². The van der Waals surface area contributed by atoms with Crippen LogP contribution in [0.1, 0.15) is 5.56 Å². The van der Waals surface area contributed by atoms with Crippen molar-refractivity contribution in [2.45, 2.75) is 6.92 Å². The van der Waals surface area contributed by atoms with Gasteiger partial charge in [-0.2, -0.15) is 0 Å². The van der Waals surface area contributed by atoms with Gasteiger partial charge in [0, 0.05) is 10.0 Å². The van der Waals surface area contributed by atoms with Gasteiger partial charge in [-0.05, 0) is 30.7 Å². The fourth-order valence-corrected chi connectivity index (χ4v) is 2.68. The number of nitrogen functional groups attached to an aromatic ring is 1. The molecular formula is C16H12BrFN2O. The van der Waals surface area contributed by atoms with Crippen LogP contribution in [0, 0.1) is 12.7 Å². The molecular weight excluding hydrogens is 335 g/mol. The summed E-state index contributed by atoms with van der Waals surface area (Å²) in [5.41, 5.74) is 9.69. The van der Waals surface area contributed by atoms with E-state index < -0.39 is 0 Å². The number of nitrogens with two attached hydrogens (primary N) is 1. The van der Waals surface area contributed by atoms with Crippen LogP contribution in [-0.2, 0) is 0 Å². The average molecular weight is 347 g/mol. The molecule has 3 nitrogen and oxygen atoms in total. The number of halogens is 2. The van der Waals surface area contributed by atoms with Crippen LogP contribution in [0.2, 0.25) is 0 Å². The summed E-state index contributed by atoms with van der Waals surface area (Å²) >= 11 is 3.41. The van der Waals surface area contributed by atoms with Crippen molar-refractivity contribution in [3.05, 3.63) is 58.3 Å². The van der Waals surface area contributed by atoms with E-state index in [4.69, 9.17) is 10.3 Å². The number of benzene rings is 2. The Morgan fingerprint density at radius 1 is 1.19 bits per heavy atom. The smallest absolute Gasteiger partial charge is 0.230 e. The highest BCUT2D eigenvalue weighted by Crippen LogP contribution is 2.39. The maximum absolute atomic E-state index is 13.5. The van der Waals surface area contributed by atoms with Gasteiger partial charge >= 0.3 is 0 Å². The Morgan fingerprint density at radius 2 is 2.00 bits per heavy atom. The zero-order valence-electron chi connectivity index (χ0n) is 11.2. The third-order valence-electron chi connectivity index (χ3n) is 3.21. The minimum Gasteiger partial charge on any atom is -0.367 e. The van der Waals surface area contributed by atoms with E-state index in [0.717, 1.165) is 15.6 Å². The maximum atomic E-state index is 13.5. The van der Waals surface area contributed by atoms with Crippen LogP contribution >= 0.6 is 15.9 Å². The summed E-state index contributed by atoms with van der Waals surface area (Å²) in [4.78, 5) is 0. The lowest BCUT2D eigenvalue weighted by Crippen LogP contribution is -1.90. The molecule has 0 aliphatic heterocycles. The van der Waals surface area contributed by atoms with Gasteiger partial charge in [0.2, 0.25) is 5.88 Å². The fourth-order valence-electron chi connectivity index (χ4n) is 2.25. The molecule has 5 heteroatoms. The molecule has 1 aromatic heterocycles. The lowest BCUT2D eigenvalue weighted by Gasteiger charge is -2.06. The highest BCUT2D eigenvalue weighted by Gasteiger charge is 2.19. The fraction of sp³-hybridized carbons (Fsp3) is 0.0625. The van der Waals surface area contributed by atoms with E-state index in [1.54, 1.807) is 6.07 Å². The molecule has 0 saturated heterocycles. The Labute approximate surface area is 129 Å². The standard InChI is InChI=1S/C16H12BrFN2O/c1-9-3-2-4-10(7-9)14-15(20-21-16(14)19)12-8-11(18)5-6-13(12)17/h2-8H,19H2,1H3. The number of aryl methyl sites for hydroxylation is 1. The van der Waals surface area contributed by atoms with Gasteiger partial charge in [-0.15, -0.1) is 0 Å². The first kappa shape index (κ1) is 13.8. The number of aromatic nitrogens is 1. The zero-order valence-corrected chi connectivity index (χ0v) is 12.8. The molecule has 0 aliphatic carbocycles. The molecule has 2 aromatic carbocycles. The first-order chi connectivity index (χ1) is 10.1. The number of hydrogen-bond donors (Lipinski definition) is 1. The quantitative estimate of drug-likeness (QED) is 0.724. The number of nitrogens with zero attached hydrogens (tertiary/aromatic N) is 1. The molecule has 0 amide bonds. The minimum absolute atomic E-state index is 0.215. The minimum atomic E-state index is -0.343. The highest BCUT2D eigenvalue weighted by molar-refractivity contribution is 9.10. The van der Waals surface area contributed by atoms with Crippen molar-refractivity contribution in [2.75, 3.05) is 5.73 Å². The van der Waals surface area contributed by atoms with E-state index in [0.29, 0.717) is 16.8 Å². The first-order valence-electron chi connectivity index (χ1n) is 6.34. The summed E-state index contributed by atoms with van der Waals surface area (Å²) in [5.74, 6) is -0.128. The SMILES string of the molecule is Cc1cccc(-c2c(-c3cc(F)ccc3Br)noc2N)c1. The monoisotopic (exact) mass is 346 g/mol. The van der Waals surface area contributed by atoms with E-state index in [1.807, 2.05) is 31.2 Å². The molecule has 0 spiro atoms. The molecule has 1 heterocycles. The molecule has 21 heavy (non-hydrogen) atoms. The van der Waals surface area contributed by atoms with Crippen LogP contribution in [0.5, 0.6) is 0 Å². The molecule has 2 N–H and O–H groups in total. The summed E-state index contributed by atoms with van der Waals surface area (Å²) in [6.45, 7) is 1.99. The Bertz CT molecular complexity index is 814. The molecule has 0 atom stereocenters. The second kappa shape index (κ2) is 5.33. The Kier molecular flexibility index (Phi) is 3.51. The van der Waals surface area contributed by atoms with E-state index in [9.17, 15) is 4.39 Å². The predicted octanol–water partition coefficient (Wildman–Crippen LogP) is 4.80. The summed E-state index contributed by atoms with van der Waals surface area (Å²) < 4.78 is 19.4. The van der Waals surface area contributed by atoms with E-state index >= 15 is 0 Å². The molecule has 0 radical (unpaired) electrons. The second-order valence-electron chi connectivity index (χ2n) is 4.76. The number of rotatable bonds is 2. The summed E-state index contributed by atoms with van der Waals surface area (Å²) in [6, 6.07) is 12.2. The maximum Gasteiger partial charge on any atom is 0.230 e. The van der Waals surface area contributed by atoms with E-state index in [1.165, 1.54) is 12.1 Å². The zero-order chi connectivity index (χ0) is 15.0. The van der Waals surface area contributed by atoms with Crippen LogP contribution in [0.25, 0.3) is 22.4 Å². The normalized spacial score (nSPS) is 10.8. The van der Waals surface area contributed by atoms with Crippen molar-refractivity contribution < 1.29 is 8.91 Å². The highest BCUT2D eigenvalue weighted by atomic mass is 79.9. The van der Waals surface area contributed by atoms with Gasteiger partial charge in [0.05, 0.1) is 5.56 Å². The molecule has 0 saturated carbocycles. The van der Waals surface area contributed by atoms with Crippen LogP contribution < -0.4 is 5.73 Å². The van der Waals surface area contributed by atoms with Gasteiger partial charge in [0.15, 0.2) is 0 Å². The summed E-state index contributed by atoms with van der Waals surface area (Å²) in [5, 5.41) is 4.00. The Hall–Kier alpha value is -2.14. The van der Waals surface area contributed by atoms with E-state index in [2.05, 4.69) is 21.1 Å². The molecule has 3 rings (SSSR count). The second-order valence-corrected chi connectivity index (χ2v) is 5.62. The molecule has 0 aliphatic rings. The molecule has 0 bridgehead atoms. The number of anilines is 1. The number of hydrogen-bond acceptors (Lipinski definition) is 3. The van der Waals surface area contributed by atoms with Crippen molar-refractivity contribution in [2.24, 2.45) is 0 Å². The van der Waals surface area contributed by atoms with E-state index in [-0.39, 0.29) is 11.7 Å². The third-order valence-corrected chi connectivity index (χ3v) is 3.90. The third kappa shape index (κ3) is 2.56. The van der Waals surface area contributed by atoms with Gasteiger partial charge in [0.25, 0.3) is 0 Å². The first-order valence-corrected chi connectivity index (χ1v) is 7.13. The lowest BCUT2D eigenvalue weighted by atomic mass is 9.99. The van der Waals surface area contributed by atoms with Gasteiger partial charge in [-0.3, -0.25) is 0 Å². The molecule has 0 fully saturated rings. The Balaban J connectivity index is 2.24. The Morgan fingerprint density at radius 3 is 2.76 bits per heavy atom. The average Bonchev–Trinajstić information content (AvgIpc) is 2.83.